The lowest BCUT2D eigenvalue weighted by Crippen LogP contribution is -2.15. The van der Waals surface area contributed by atoms with Crippen LogP contribution in [0, 0.1) is 0 Å². The van der Waals surface area contributed by atoms with Crippen molar-refractivity contribution in [2.24, 2.45) is 5.73 Å². The number of carbonyl (C=O) groups excluding carboxylic acids is 2. The van der Waals surface area contributed by atoms with Crippen molar-refractivity contribution in [2.75, 3.05) is 5.32 Å². The van der Waals surface area contributed by atoms with Crippen LogP contribution in [-0.2, 0) is 11.2 Å². The van der Waals surface area contributed by atoms with Crippen molar-refractivity contribution in [1.82, 2.24) is 0 Å². The molecule has 3 N–H and O–H groups in total. The molecule has 2 rings (SSSR count). The largest absolute Gasteiger partial charge is 0.366 e. The van der Waals surface area contributed by atoms with Gasteiger partial charge in [-0.05, 0) is 42.0 Å². The summed E-state index contributed by atoms with van der Waals surface area (Å²) in [4.78, 5) is 22.9. The monoisotopic (exact) mass is 322 g/mol. The molecule has 0 bridgehead atoms. The zero-order valence-corrected chi connectivity index (χ0v) is 12.4. The van der Waals surface area contributed by atoms with Crippen molar-refractivity contribution >= 4 is 40.7 Å². The van der Waals surface area contributed by atoms with Crippen molar-refractivity contribution in [3.8, 4) is 0 Å². The highest BCUT2D eigenvalue weighted by Gasteiger charge is 2.07. The van der Waals surface area contributed by atoms with Crippen molar-refractivity contribution in [3.05, 3.63) is 63.6 Å². The maximum atomic E-state index is 11.9. The van der Waals surface area contributed by atoms with Crippen molar-refractivity contribution in [1.29, 1.82) is 0 Å². The van der Waals surface area contributed by atoms with E-state index in [-0.39, 0.29) is 12.3 Å². The summed E-state index contributed by atoms with van der Waals surface area (Å²) < 4.78 is 0. The SMILES string of the molecule is NC(=O)c1ccc(NC(=O)Cc2ccc(Cl)c(Cl)c2)cc1. The minimum atomic E-state index is -0.510. The lowest BCUT2D eigenvalue weighted by molar-refractivity contribution is -0.115. The summed E-state index contributed by atoms with van der Waals surface area (Å²) in [6, 6.07) is 11.4. The molecule has 0 spiro atoms. The number of primary amides is 1. The standard InChI is InChI=1S/C15H12Cl2N2O2/c16-12-6-1-9(7-13(12)17)8-14(20)19-11-4-2-10(3-5-11)15(18)21/h1-7H,8H2,(H2,18,21)(H,19,20). The predicted octanol–water partition coefficient (Wildman–Crippen LogP) is 3.27. The number of rotatable bonds is 4. The predicted molar refractivity (Wildman–Crippen MR) is 83.8 cm³/mol. The zero-order chi connectivity index (χ0) is 15.4. The number of hydrogen-bond donors (Lipinski definition) is 2. The van der Waals surface area contributed by atoms with Gasteiger partial charge in [0.1, 0.15) is 0 Å². The van der Waals surface area contributed by atoms with E-state index in [0.29, 0.717) is 21.3 Å². The summed E-state index contributed by atoms with van der Waals surface area (Å²) in [6.07, 6.45) is 0.175. The van der Waals surface area contributed by atoms with Crippen molar-refractivity contribution in [2.45, 2.75) is 6.42 Å². The number of benzene rings is 2. The molecular formula is C15H12Cl2N2O2. The Morgan fingerprint density at radius 1 is 1.00 bits per heavy atom. The third kappa shape index (κ3) is 4.21. The van der Waals surface area contributed by atoms with E-state index in [2.05, 4.69) is 5.32 Å². The lowest BCUT2D eigenvalue weighted by atomic mass is 10.1. The van der Waals surface area contributed by atoms with E-state index >= 15 is 0 Å². The van der Waals surface area contributed by atoms with Crippen LogP contribution < -0.4 is 11.1 Å². The highest BCUT2D eigenvalue weighted by atomic mass is 35.5. The van der Waals surface area contributed by atoms with Crippen LogP contribution in [0.25, 0.3) is 0 Å². The van der Waals surface area contributed by atoms with Crippen molar-refractivity contribution < 1.29 is 9.59 Å². The van der Waals surface area contributed by atoms with E-state index in [4.69, 9.17) is 28.9 Å². The molecule has 0 aliphatic rings. The van der Waals surface area contributed by atoms with E-state index < -0.39 is 5.91 Å². The molecule has 0 aliphatic heterocycles. The number of nitrogens with two attached hydrogens (primary N) is 1. The molecule has 0 fully saturated rings. The number of carbonyl (C=O) groups is 2. The Labute approximate surface area is 131 Å². The molecule has 0 atom stereocenters. The Hall–Kier alpha value is -2.04. The molecule has 0 heterocycles. The Kier molecular flexibility index (Phi) is 4.83. The van der Waals surface area contributed by atoms with Crippen LogP contribution in [0.1, 0.15) is 15.9 Å². The Bertz CT molecular complexity index is 685. The van der Waals surface area contributed by atoms with Crippen LogP contribution in [-0.4, -0.2) is 11.8 Å². The molecule has 0 unspecified atom stereocenters. The smallest absolute Gasteiger partial charge is 0.248 e. The number of nitrogens with one attached hydrogen (secondary N) is 1. The second-order valence-corrected chi connectivity index (χ2v) is 5.23. The van der Waals surface area contributed by atoms with Crippen LogP contribution in [0.4, 0.5) is 5.69 Å². The summed E-state index contributed by atoms with van der Waals surface area (Å²) in [7, 11) is 0. The second-order valence-electron chi connectivity index (χ2n) is 4.42. The first kappa shape index (κ1) is 15.4. The summed E-state index contributed by atoms with van der Waals surface area (Å²) in [5.41, 5.74) is 6.88. The van der Waals surface area contributed by atoms with Gasteiger partial charge in [0.2, 0.25) is 11.8 Å². The zero-order valence-electron chi connectivity index (χ0n) is 10.9. The van der Waals surface area contributed by atoms with E-state index in [0.717, 1.165) is 5.56 Å². The topological polar surface area (TPSA) is 72.2 Å². The molecule has 2 amide bonds. The van der Waals surface area contributed by atoms with Crippen molar-refractivity contribution in [3.63, 3.8) is 0 Å². The first-order chi connectivity index (χ1) is 9.95. The molecule has 0 aromatic heterocycles. The second kappa shape index (κ2) is 6.61. The van der Waals surface area contributed by atoms with Gasteiger partial charge in [-0.2, -0.15) is 0 Å². The first-order valence-electron chi connectivity index (χ1n) is 6.09. The molecule has 2 aromatic rings. The fraction of sp³-hybridized carbons (Fsp3) is 0.0667. The van der Waals surface area contributed by atoms with Crippen LogP contribution >= 0.6 is 23.2 Å². The average Bonchev–Trinajstić information content (AvgIpc) is 2.43. The van der Waals surface area contributed by atoms with E-state index in [1.54, 1.807) is 42.5 Å². The van der Waals surface area contributed by atoms with Gasteiger partial charge in [-0.1, -0.05) is 29.3 Å². The number of anilines is 1. The van der Waals surface area contributed by atoms with Gasteiger partial charge in [0.05, 0.1) is 16.5 Å². The average molecular weight is 323 g/mol. The molecule has 0 saturated heterocycles. The lowest BCUT2D eigenvalue weighted by Gasteiger charge is -2.06. The third-order valence-electron chi connectivity index (χ3n) is 2.80. The van der Waals surface area contributed by atoms with Crippen LogP contribution in [0.5, 0.6) is 0 Å². The van der Waals surface area contributed by atoms with Gasteiger partial charge in [0.15, 0.2) is 0 Å². The molecule has 0 radical (unpaired) electrons. The van der Waals surface area contributed by atoms with Gasteiger partial charge in [-0.15, -0.1) is 0 Å². The van der Waals surface area contributed by atoms with Gasteiger partial charge in [0.25, 0.3) is 0 Å². The summed E-state index contributed by atoms with van der Waals surface area (Å²) in [5.74, 6) is -0.705. The van der Waals surface area contributed by atoms with Gasteiger partial charge in [0, 0.05) is 11.3 Å². The van der Waals surface area contributed by atoms with Gasteiger partial charge in [-0.3, -0.25) is 9.59 Å². The minimum absolute atomic E-state index is 0.175. The normalized spacial score (nSPS) is 10.2. The molecule has 4 nitrogen and oxygen atoms in total. The maximum Gasteiger partial charge on any atom is 0.248 e. The Morgan fingerprint density at radius 3 is 2.24 bits per heavy atom. The highest BCUT2D eigenvalue weighted by molar-refractivity contribution is 6.42. The molecular weight excluding hydrogens is 311 g/mol. The molecule has 21 heavy (non-hydrogen) atoms. The summed E-state index contributed by atoms with van der Waals surface area (Å²) >= 11 is 11.7. The first-order valence-corrected chi connectivity index (χ1v) is 6.85. The summed E-state index contributed by atoms with van der Waals surface area (Å²) in [6.45, 7) is 0. The third-order valence-corrected chi connectivity index (χ3v) is 3.54. The minimum Gasteiger partial charge on any atom is -0.366 e. The number of amides is 2. The van der Waals surface area contributed by atoms with Gasteiger partial charge >= 0.3 is 0 Å². The molecule has 0 saturated carbocycles. The fourth-order valence-corrected chi connectivity index (χ4v) is 2.08. The van der Waals surface area contributed by atoms with Crippen LogP contribution in [0.15, 0.2) is 42.5 Å². The summed E-state index contributed by atoms with van der Waals surface area (Å²) in [5, 5.41) is 3.58. The maximum absolute atomic E-state index is 11.9. The number of hydrogen-bond acceptors (Lipinski definition) is 2. The highest BCUT2D eigenvalue weighted by Crippen LogP contribution is 2.23. The molecule has 108 valence electrons. The van der Waals surface area contributed by atoms with Gasteiger partial charge < -0.3 is 11.1 Å². The Morgan fingerprint density at radius 2 is 1.67 bits per heavy atom. The molecule has 2 aromatic carbocycles. The van der Waals surface area contributed by atoms with Crippen LogP contribution in [0.3, 0.4) is 0 Å². The molecule has 6 heteroatoms. The van der Waals surface area contributed by atoms with Crippen LogP contribution in [0.2, 0.25) is 10.0 Å². The fourth-order valence-electron chi connectivity index (χ4n) is 1.76. The van der Waals surface area contributed by atoms with Gasteiger partial charge in [-0.25, -0.2) is 0 Å². The van der Waals surface area contributed by atoms with E-state index in [1.807, 2.05) is 0 Å². The number of halogens is 2. The quantitative estimate of drug-likeness (QED) is 0.906. The Balaban J connectivity index is 2.01. The molecule has 0 aliphatic carbocycles. The van der Waals surface area contributed by atoms with E-state index in [9.17, 15) is 9.59 Å². The van der Waals surface area contributed by atoms with E-state index in [1.165, 1.54) is 0 Å².